The molecule has 2 unspecified atom stereocenters. The summed E-state index contributed by atoms with van der Waals surface area (Å²) in [5.74, 6) is 0. The molecule has 0 aromatic heterocycles. The summed E-state index contributed by atoms with van der Waals surface area (Å²) in [6.07, 6.45) is -0.00978. The van der Waals surface area contributed by atoms with E-state index < -0.39 is 8.32 Å². The first-order chi connectivity index (χ1) is 14.7. The van der Waals surface area contributed by atoms with Crippen LogP contribution in [0.2, 0.25) is 0 Å². The maximum absolute atomic E-state index is 7.25. The Bertz CT molecular complexity index is 994. The second-order valence-electron chi connectivity index (χ2n) is 7.77. The Balaban J connectivity index is 1.91. The first-order valence-electron chi connectivity index (χ1n) is 10.6. The summed E-state index contributed by atoms with van der Waals surface area (Å²) >= 11 is 0. The van der Waals surface area contributed by atoms with E-state index >= 15 is 0 Å². The average molecular weight is 409 g/mol. The van der Waals surface area contributed by atoms with Crippen molar-refractivity contribution in [2.75, 3.05) is 0 Å². The molecular formula is C28H28OSi. The first-order valence-corrected chi connectivity index (χ1v) is 12.6. The molecule has 0 aliphatic carbocycles. The molecule has 0 amide bonds. The van der Waals surface area contributed by atoms with Crippen LogP contribution in [0.3, 0.4) is 0 Å². The van der Waals surface area contributed by atoms with Gasteiger partial charge in [-0.1, -0.05) is 128 Å². The lowest BCUT2D eigenvalue weighted by Crippen LogP contribution is -2.64. The van der Waals surface area contributed by atoms with E-state index in [0.717, 1.165) is 0 Å². The fourth-order valence-corrected chi connectivity index (χ4v) is 8.86. The Kier molecular flexibility index (Phi) is 6.27. The molecule has 0 N–H and O–H groups in total. The van der Waals surface area contributed by atoms with E-state index in [0.29, 0.717) is 0 Å². The van der Waals surface area contributed by atoms with Crippen LogP contribution in [0, 0.1) is 0 Å². The molecule has 2 heteroatoms. The third-order valence-corrected chi connectivity index (χ3v) is 10.6. The van der Waals surface area contributed by atoms with Gasteiger partial charge in [-0.2, -0.15) is 0 Å². The molecule has 0 radical (unpaired) electrons. The van der Waals surface area contributed by atoms with Gasteiger partial charge in [0.2, 0.25) is 0 Å². The van der Waals surface area contributed by atoms with Gasteiger partial charge >= 0.3 is 0 Å². The summed E-state index contributed by atoms with van der Waals surface area (Å²) < 4.78 is 7.25. The third kappa shape index (κ3) is 4.02. The van der Waals surface area contributed by atoms with E-state index in [1.807, 2.05) is 0 Å². The Morgan fingerprint density at radius 1 is 0.500 bits per heavy atom. The monoisotopic (exact) mass is 408 g/mol. The number of rotatable bonds is 7. The molecule has 1 nitrogen and oxygen atoms in total. The van der Waals surface area contributed by atoms with Gasteiger partial charge < -0.3 is 4.43 Å². The molecule has 2 atom stereocenters. The highest BCUT2D eigenvalue weighted by atomic mass is 28.4. The second-order valence-corrected chi connectivity index (χ2v) is 11.5. The van der Waals surface area contributed by atoms with Crippen LogP contribution in [0.5, 0.6) is 0 Å². The summed E-state index contributed by atoms with van der Waals surface area (Å²) in [6, 6.07) is 43.0. The fraction of sp³-hybridized carbons (Fsp3) is 0.143. The summed E-state index contributed by atoms with van der Waals surface area (Å²) in [7, 11) is -2.64. The predicted octanol–water partition coefficient (Wildman–Crippen LogP) is 5.87. The molecule has 4 aromatic carbocycles. The van der Waals surface area contributed by atoms with E-state index in [2.05, 4.69) is 135 Å². The molecule has 0 aliphatic heterocycles. The van der Waals surface area contributed by atoms with E-state index in [1.165, 1.54) is 21.5 Å². The highest BCUT2D eigenvalue weighted by molar-refractivity contribution is 6.98. The summed E-state index contributed by atoms with van der Waals surface area (Å²) in [5.41, 5.74) is 2.77. The van der Waals surface area contributed by atoms with Gasteiger partial charge in [0.05, 0.1) is 6.10 Å². The Morgan fingerprint density at radius 3 is 1.30 bits per heavy atom. The maximum atomic E-state index is 7.25. The van der Waals surface area contributed by atoms with Crippen LogP contribution in [0.25, 0.3) is 0 Å². The molecule has 150 valence electrons. The number of hydrogen-bond acceptors (Lipinski definition) is 1. The highest BCUT2D eigenvalue weighted by Gasteiger charge is 2.46. The number of benzene rings is 4. The second kappa shape index (κ2) is 9.25. The van der Waals surface area contributed by atoms with Crippen molar-refractivity contribution in [2.24, 2.45) is 0 Å². The van der Waals surface area contributed by atoms with Crippen LogP contribution in [0.15, 0.2) is 121 Å². The van der Waals surface area contributed by atoms with Crippen molar-refractivity contribution in [3.05, 3.63) is 132 Å². The Morgan fingerprint density at radius 2 is 0.867 bits per heavy atom. The normalized spacial score (nSPS) is 13.5. The summed E-state index contributed by atoms with van der Waals surface area (Å²) in [6.45, 7) is 4.51. The zero-order valence-corrected chi connectivity index (χ0v) is 18.6. The third-order valence-electron chi connectivity index (χ3n) is 5.95. The van der Waals surface area contributed by atoms with Crippen LogP contribution < -0.4 is 10.4 Å². The van der Waals surface area contributed by atoms with Gasteiger partial charge in [0.1, 0.15) is 0 Å². The quantitative estimate of drug-likeness (QED) is 0.348. The Hall–Kier alpha value is -2.94. The van der Waals surface area contributed by atoms with E-state index in [-0.39, 0.29) is 11.6 Å². The number of hydrogen-bond donors (Lipinski definition) is 0. The molecule has 0 heterocycles. The molecular weight excluding hydrogens is 380 g/mol. The van der Waals surface area contributed by atoms with Gasteiger partial charge in [0.25, 0.3) is 8.32 Å². The van der Waals surface area contributed by atoms with Crippen molar-refractivity contribution >= 4 is 18.7 Å². The van der Waals surface area contributed by atoms with Crippen LogP contribution in [-0.4, -0.2) is 8.32 Å². The van der Waals surface area contributed by atoms with Crippen molar-refractivity contribution in [1.29, 1.82) is 0 Å². The smallest absolute Gasteiger partial charge is 0.263 e. The molecule has 0 saturated carbocycles. The van der Waals surface area contributed by atoms with Gasteiger partial charge in [-0.3, -0.25) is 0 Å². The van der Waals surface area contributed by atoms with Crippen LogP contribution in [-0.2, 0) is 4.43 Å². The topological polar surface area (TPSA) is 9.23 Å². The first kappa shape index (κ1) is 20.3. The molecule has 0 bridgehead atoms. The molecule has 4 aromatic rings. The maximum Gasteiger partial charge on any atom is 0.263 e. The van der Waals surface area contributed by atoms with Crippen molar-refractivity contribution in [3.8, 4) is 0 Å². The zero-order chi connectivity index (χ0) is 20.8. The largest absolute Gasteiger partial charge is 0.401 e. The van der Waals surface area contributed by atoms with Crippen LogP contribution >= 0.6 is 0 Å². The SMILES string of the molecule is CC(O[Si](c1ccccc1)(c1ccccc1)C(C)c1ccccc1)c1ccccc1. The lowest BCUT2D eigenvalue weighted by molar-refractivity contribution is 0.218. The van der Waals surface area contributed by atoms with Gasteiger partial charge in [0, 0.05) is 5.54 Å². The lowest BCUT2D eigenvalue weighted by atomic mass is 10.1. The van der Waals surface area contributed by atoms with Crippen molar-refractivity contribution in [3.63, 3.8) is 0 Å². The fourth-order valence-electron chi connectivity index (χ4n) is 4.32. The van der Waals surface area contributed by atoms with Crippen molar-refractivity contribution < 1.29 is 4.43 Å². The zero-order valence-electron chi connectivity index (χ0n) is 17.6. The van der Waals surface area contributed by atoms with E-state index in [4.69, 9.17) is 4.43 Å². The molecule has 4 rings (SSSR count). The van der Waals surface area contributed by atoms with Crippen LogP contribution in [0.1, 0.15) is 36.6 Å². The summed E-state index contributed by atoms with van der Waals surface area (Å²) in [5, 5.41) is 2.60. The van der Waals surface area contributed by atoms with Gasteiger partial charge in [-0.15, -0.1) is 0 Å². The molecule has 0 fully saturated rings. The van der Waals surface area contributed by atoms with Gasteiger partial charge in [-0.05, 0) is 28.4 Å². The lowest BCUT2D eigenvalue weighted by Gasteiger charge is -2.40. The molecule has 30 heavy (non-hydrogen) atoms. The van der Waals surface area contributed by atoms with Gasteiger partial charge in [0.15, 0.2) is 0 Å². The summed E-state index contributed by atoms with van der Waals surface area (Å²) in [4.78, 5) is 0. The van der Waals surface area contributed by atoms with Crippen molar-refractivity contribution in [2.45, 2.75) is 25.5 Å². The minimum Gasteiger partial charge on any atom is -0.401 e. The molecule has 0 aliphatic rings. The average Bonchev–Trinajstić information content (AvgIpc) is 2.84. The molecule has 0 spiro atoms. The van der Waals surface area contributed by atoms with Crippen LogP contribution in [0.4, 0.5) is 0 Å². The minimum absolute atomic E-state index is 0.00978. The van der Waals surface area contributed by atoms with Gasteiger partial charge in [-0.25, -0.2) is 0 Å². The highest BCUT2D eigenvalue weighted by Crippen LogP contribution is 2.32. The standard InChI is InChI=1S/C28H28OSi/c1-23(25-15-7-3-8-16-25)29-30(27-19-11-5-12-20-27,28-21-13-6-14-22-28)24(2)26-17-9-4-10-18-26/h3-24H,1-2H3. The predicted molar refractivity (Wildman–Crippen MR) is 129 cm³/mol. The molecule has 0 saturated heterocycles. The van der Waals surface area contributed by atoms with E-state index in [1.54, 1.807) is 0 Å². The van der Waals surface area contributed by atoms with E-state index in [9.17, 15) is 0 Å². The Labute approximate surface area is 181 Å². The van der Waals surface area contributed by atoms with Crippen molar-refractivity contribution in [1.82, 2.24) is 0 Å². The minimum atomic E-state index is -2.64.